The second kappa shape index (κ2) is 10.1. The van der Waals surface area contributed by atoms with Crippen LogP contribution in [0.3, 0.4) is 0 Å². The zero-order chi connectivity index (χ0) is 20.3. The van der Waals surface area contributed by atoms with Gasteiger partial charge in [-0.05, 0) is 43.0 Å². The zero-order valence-electron chi connectivity index (χ0n) is 16.0. The summed E-state index contributed by atoms with van der Waals surface area (Å²) < 4.78 is 18.7. The number of carbonyl (C=O) groups is 1. The van der Waals surface area contributed by atoms with E-state index in [9.17, 15) is 15.0 Å². The number of aliphatic hydroxyl groups excluding tert-OH is 3. The number of halogens is 1. The summed E-state index contributed by atoms with van der Waals surface area (Å²) in [4.78, 5) is 12.3. The summed E-state index contributed by atoms with van der Waals surface area (Å²) in [7, 11) is 0. The van der Waals surface area contributed by atoms with Gasteiger partial charge < -0.3 is 29.5 Å². The molecule has 160 valence electrons. The lowest BCUT2D eigenvalue weighted by Gasteiger charge is -2.46. The minimum absolute atomic E-state index is 0.0359. The van der Waals surface area contributed by atoms with E-state index in [-0.39, 0.29) is 31.0 Å². The Kier molecular flexibility index (Phi) is 8.06. The zero-order valence-corrected chi connectivity index (χ0v) is 17.6. The fourth-order valence-electron chi connectivity index (χ4n) is 4.42. The van der Waals surface area contributed by atoms with Crippen molar-refractivity contribution < 1.29 is 34.3 Å². The fraction of sp³-hybridized carbons (Fsp3) is 0.850. The van der Waals surface area contributed by atoms with Crippen molar-refractivity contribution in [3.8, 4) is 0 Å². The lowest BCUT2D eigenvalue weighted by atomic mass is 9.88. The molecule has 3 heterocycles. The molecule has 0 aliphatic carbocycles. The van der Waals surface area contributed by atoms with Crippen LogP contribution in [-0.4, -0.2) is 76.5 Å². The minimum atomic E-state index is -0.943. The first-order valence-electron chi connectivity index (χ1n) is 10.2. The predicted octanol–water partition coefficient (Wildman–Crippen LogP) is 1.60. The summed E-state index contributed by atoms with van der Waals surface area (Å²) in [5.74, 6) is 0.0362. The van der Waals surface area contributed by atoms with E-state index in [4.69, 9.17) is 19.3 Å². The highest BCUT2D eigenvalue weighted by Crippen LogP contribution is 2.39. The van der Waals surface area contributed by atoms with Crippen LogP contribution in [0.2, 0.25) is 0 Å². The van der Waals surface area contributed by atoms with E-state index < -0.39 is 36.6 Å². The van der Waals surface area contributed by atoms with Crippen LogP contribution in [0.4, 0.5) is 0 Å². The average Bonchev–Trinajstić information content (AvgIpc) is 2.96. The molecule has 8 heteroatoms. The Hall–Kier alpha value is -0.350. The molecule has 0 spiro atoms. The van der Waals surface area contributed by atoms with Crippen molar-refractivity contribution >= 4 is 21.7 Å². The van der Waals surface area contributed by atoms with Gasteiger partial charge in [-0.3, -0.25) is 4.79 Å². The molecule has 3 N–H and O–H groups in total. The quantitative estimate of drug-likeness (QED) is 0.446. The van der Waals surface area contributed by atoms with Crippen LogP contribution < -0.4 is 0 Å². The summed E-state index contributed by atoms with van der Waals surface area (Å²) in [6.07, 6.45) is 0.137. The number of fused-ring (bicyclic) bond motifs is 2. The van der Waals surface area contributed by atoms with Gasteiger partial charge in [0.15, 0.2) is 0 Å². The van der Waals surface area contributed by atoms with E-state index >= 15 is 0 Å². The molecule has 3 saturated heterocycles. The molecule has 0 aromatic rings. The van der Waals surface area contributed by atoms with E-state index in [1.807, 2.05) is 0 Å². The molecular weight excluding hydrogens is 432 g/mol. The largest absolute Gasteiger partial charge is 0.396 e. The molecule has 7 nitrogen and oxygen atoms in total. The van der Waals surface area contributed by atoms with Crippen LogP contribution in [0.25, 0.3) is 0 Å². The van der Waals surface area contributed by atoms with Gasteiger partial charge in [0.1, 0.15) is 36.3 Å². The topological polar surface area (TPSA) is 105 Å². The maximum atomic E-state index is 12.3. The standard InChI is InChI=1S/C20H31BrO7/c1-11(21)4-2-3-5-12(23)10-15-16(24)19-20(28-15)17(25)18-14(27-19)7-6-13(26-18)8-9-22/h13-20,22,24-25H,1-10H2. The summed E-state index contributed by atoms with van der Waals surface area (Å²) in [5.41, 5.74) is 0. The van der Waals surface area contributed by atoms with Crippen LogP contribution in [0.15, 0.2) is 11.1 Å². The Morgan fingerprint density at radius 1 is 1.00 bits per heavy atom. The third-order valence-corrected chi connectivity index (χ3v) is 6.30. The van der Waals surface area contributed by atoms with Crippen molar-refractivity contribution in [3.63, 3.8) is 0 Å². The van der Waals surface area contributed by atoms with Gasteiger partial charge in [0.2, 0.25) is 0 Å². The highest BCUT2D eigenvalue weighted by atomic mass is 79.9. The predicted molar refractivity (Wildman–Crippen MR) is 105 cm³/mol. The third kappa shape index (κ3) is 5.22. The molecule has 0 saturated carbocycles. The SMILES string of the molecule is C=C(Br)CCCCC(=O)CC1OC2C(O)C3OC(CCO)CCC3OC2C1O. The fourth-order valence-corrected chi connectivity index (χ4v) is 4.70. The second-order valence-electron chi connectivity index (χ2n) is 8.04. The molecular formula is C20H31BrO7. The van der Waals surface area contributed by atoms with Crippen LogP contribution in [0, 0.1) is 0 Å². The molecule has 3 rings (SSSR count). The molecule has 8 unspecified atom stereocenters. The Morgan fingerprint density at radius 2 is 1.71 bits per heavy atom. The lowest BCUT2D eigenvalue weighted by molar-refractivity contribution is -0.260. The molecule has 3 fully saturated rings. The number of unbranched alkanes of at least 4 members (excludes halogenated alkanes) is 1. The van der Waals surface area contributed by atoms with Crippen LogP contribution >= 0.6 is 15.9 Å². The normalized spacial score (nSPS) is 40.0. The number of hydrogen-bond acceptors (Lipinski definition) is 7. The number of hydrogen-bond donors (Lipinski definition) is 3. The van der Waals surface area contributed by atoms with E-state index in [1.165, 1.54) is 0 Å². The number of Topliss-reactive ketones (excluding diaryl/α,β-unsaturated/α-hetero) is 1. The van der Waals surface area contributed by atoms with Crippen LogP contribution in [0.1, 0.15) is 51.4 Å². The van der Waals surface area contributed by atoms with Crippen LogP contribution in [0.5, 0.6) is 0 Å². The van der Waals surface area contributed by atoms with Crippen LogP contribution in [-0.2, 0) is 19.0 Å². The Morgan fingerprint density at radius 3 is 2.43 bits per heavy atom. The summed E-state index contributed by atoms with van der Waals surface area (Å²) in [6.45, 7) is 3.81. The molecule has 0 amide bonds. The van der Waals surface area contributed by atoms with Crippen molar-refractivity contribution in [1.29, 1.82) is 0 Å². The maximum absolute atomic E-state index is 12.3. The monoisotopic (exact) mass is 462 g/mol. The van der Waals surface area contributed by atoms with Crippen molar-refractivity contribution in [3.05, 3.63) is 11.1 Å². The number of ketones is 1. The molecule has 0 bridgehead atoms. The maximum Gasteiger partial charge on any atom is 0.135 e. The van der Waals surface area contributed by atoms with E-state index in [1.54, 1.807) is 0 Å². The second-order valence-corrected chi connectivity index (χ2v) is 9.16. The molecule has 28 heavy (non-hydrogen) atoms. The Bertz CT molecular complexity index is 557. The smallest absolute Gasteiger partial charge is 0.135 e. The van der Waals surface area contributed by atoms with Crippen molar-refractivity contribution in [1.82, 2.24) is 0 Å². The Labute approximate surface area is 174 Å². The summed E-state index contributed by atoms with van der Waals surface area (Å²) >= 11 is 3.31. The van der Waals surface area contributed by atoms with Gasteiger partial charge >= 0.3 is 0 Å². The third-order valence-electron chi connectivity index (χ3n) is 5.90. The van der Waals surface area contributed by atoms with Crippen molar-refractivity contribution in [2.75, 3.05) is 6.61 Å². The van der Waals surface area contributed by atoms with Crippen molar-refractivity contribution in [2.45, 2.75) is 100 Å². The number of ether oxygens (including phenoxy) is 3. The lowest BCUT2D eigenvalue weighted by Crippen LogP contribution is -2.61. The summed E-state index contributed by atoms with van der Waals surface area (Å²) in [5, 5.41) is 30.5. The first-order chi connectivity index (χ1) is 13.4. The highest BCUT2D eigenvalue weighted by molar-refractivity contribution is 9.11. The Balaban J connectivity index is 1.52. The van der Waals surface area contributed by atoms with Gasteiger partial charge in [-0.2, -0.15) is 0 Å². The minimum Gasteiger partial charge on any atom is -0.396 e. The first-order valence-corrected chi connectivity index (χ1v) is 11.0. The number of rotatable bonds is 9. The van der Waals surface area contributed by atoms with Gasteiger partial charge in [-0.15, -0.1) is 0 Å². The van der Waals surface area contributed by atoms with Gasteiger partial charge in [0.05, 0.1) is 18.3 Å². The van der Waals surface area contributed by atoms with Crippen molar-refractivity contribution in [2.24, 2.45) is 0 Å². The molecule has 8 atom stereocenters. The molecule has 0 aromatic heterocycles. The molecule has 3 aliphatic rings. The van der Waals surface area contributed by atoms with E-state index in [0.29, 0.717) is 19.3 Å². The van der Waals surface area contributed by atoms with Gasteiger partial charge in [-0.25, -0.2) is 0 Å². The average molecular weight is 463 g/mol. The molecule has 0 aromatic carbocycles. The van der Waals surface area contributed by atoms with Gasteiger partial charge in [0, 0.05) is 19.4 Å². The molecule has 3 aliphatic heterocycles. The first kappa shape index (κ1) is 22.3. The molecule has 0 radical (unpaired) electrons. The highest BCUT2D eigenvalue weighted by Gasteiger charge is 2.56. The number of allylic oxidation sites excluding steroid dienone is 1. The number of carbonyl (C=O) groups excluding carboxylic acids is 1. The van der Waals surface area contributed by atoms with E-state index in [0.717, 1.165) is 30.2 Å². The van der Waals surface area contributed by atoms with Gasteiger partial charge in [-0.1, -0.05) is 22.5 Å². The van der Waals surface area contributed by atoms with E-state index in [2.05, 4.69) is 22.5 Å². The van der Waals surface area contributed by atoms with Gasteiger partial charge in [0.25, 0.3) is 0 Å². The summed E-state index contributed by atoms with van der Waals surface area (Å²) in [6, 6.07) is 0. The number of aliphatic hydroxyl groups is 3.